The van der Waals surface area contributed by atoms with E-state index in [2.05, 4.69) is 4.90 Å². The minimum absolute atomic E-state index is 0.311. The second-order valence-electron chi connectivity index (χ2n) is 9.17. The average molecular weight is 463 g/mol. The van der Waals surface area contributed by atoms with Crippen molar-refractivity contribution < 1.29 is 8.42 Å². The summed E-state index contributed by atoms with van der Waals surface area (Å²) in [7, 11) is -3.63. The Bertz CT molecular complexity index is 1280. The highest BCUT2D eigenvalue weighted by Gasteiger charge is 2.34. The third kappa shape index (κ3) is 4.04. The molecule has 7 heteroatoms. The predicted octanol–water partition coefficient (Wildman–Crippen LogP) is 4.42. The first-order chi connectivity index (χ1) is 15.8. The van der Waals surface area contributed by atoms with Gasteiger partial charge in [0.1, 0.15) is 5.82 Å². The summed E-state index contributed by atoms with van der Waals surface area (Å²) < 4.78 is 29.1. The third-order valence-electron chi connectivity index (χ3n) is 6.64. The van der Waals surface area contributed by atoms with E-state index in [1.165, 1.54) is 0 Å². The molecule has 2 aliphatic heterocycles. The summed E-state index contributed by atoms with van der Waals surface area (Å²) >= 11 is 0. The van der Waals surface area contributed by atoms with Crippen molar-refractivity contribution in [3.8, 4) is 11.4 Å². The van der Waals surface area contributed by atoms with Crippen LogP contribution >= 0.6 is 0 Å². The lowest BCUT2D eigenvalue weighted by molar-refractivity contribution is 0.386. The lowest BCUT2D eigenvalue weighted by atomic mass is 10.1. The molecule has 0 bridgehead atoms. The number of fused-ring (bicyclic) bond motifs is 1. The Hall–Kier alpha value is -2.77. The number of aromatic nitrogens is 2. The molecule has 172 valence electrons. The van der Waals surface area contributed by atoms with E-state index in [1.54, 1.807) is 4.31 Å². The number of aryl methyl sites for hydroxylation is 3. The van der Waals surface area contributed by atoms with Crippen LogP contribution in [0, 0.1) is 20.8 Å². The van der Waals surface area contributed by atoms with Crippen molar-refractivity contribution in [2.45, 2.75) is 51.5 Å². The van der Waals surface area contributed by atoms with Gasteiger partial charge in [-0.1, -0.05) is 48.0 Å². The highest BCUT2D eigenvalue weighted by atomic mass is 32.2. The minimum Gasteiger partial charge on any atom is -0.356 e. The Morgan fingerprint density at radius 2 is 1.55 bits per heavy atom. The van der Waals surface area contributed by atoms with Gasteiger partial charge in [-0.05, 0) is 44.7 Å². The van der Waals surface area contributed by atoms with Crippen molar-refractivity contribution in [1.29, 1.82) is 0 Å². The Labute approximate surface area is 196 Å². The zero-order chi connectivity index (χ0) is 23.2. The molecular formula is C26H30N4O2S. The van der Waals surface area contributed by atoms with Crippen molar-refractivity contribution in [2.24, 2.45) is 0 Å². The van der Waals surface area contributed by atoms with Crippen LogP contribution in [0.3, 0.4) is 0 Å². The maximum atomic E-state index is 13.7. The first kappa shape index (κ1) is 22.0. The van der Waals surface area contributed by atoms with E-state index in [4.69, 9.17) is 9.97 Å². The normalized spacial score (nSPS) is 16.8. The summed E-state index contributed by atoms with van der Waals surface area (Å²) in [5.74, 6) is 1.62. The summed E-state index contributed by atoms with van der Waals surface area (Å²) in [6.45, 7) is 8.39. The quantitative estimate of drug-likeness (QED) is 0.574. The third-order valence-corrected chi connectivity index (χ3v) is 8.79. The number of nitrogens with zero attached hydrogens (tertiary/aromatic N) is 4. The monoisotopic (exact) mass is 462 g/mol. The van der Waals surface area contributed by atoms with E-state index in [0.29, 0.717) is 24.4 Å². The summed E-state index contributed by atoms with van der Waals surface area (Å²) in [5.41, 5.74) is 5.58. The lowest BCUT2D eigenvalue weighted by Gasteiger charge is -2.32. The van der Waals surface area contributed by atoms with Gasteiger partial charge < -0.3 is 4.90 Å². The van der Waals surface area contributed by atoms with Crippen molar-refractivity contribution in [2.75, 3.05) is 24.5 Å². The van der Waals surface area contributed by atoms with Crippen LogP contribution in [0.5, 0.6) is 0 Å². The van der Waals surface area contributed by atoms with Gasteiger partial charge in [0, 0.05) is 43.7 Å². The molecule has 1 aromatic heterocycles. The van der Waals surface area contributed by atoms with Crippen LogP contribution in [0.15, 0.2) is 47.4 Å². The fraction of sp³-hybridized carbons (Fsp3) is 0.385. The maximum Gasteiger partial charge on any atom is 0.243 e. The van der Waals surface area contributed by atoms with Crippen LogP contribution in [0.2, 0.25) is 0 Å². The molecule has 0 atom stereocenters. The average Bonchev–Trinajstić information content (AvgIpc) is 3.32. The smallest absolute Gasteiger partial charge is 0.243 e. The molecule has 3 aromatic rings. The Balaban J connectivity index is 1.57. The van der Waals surface area contributed by atoms with Gasteiger partial charge in [0.05, 0.1) is 10.6 Å². The first-order valence-corrected chi connectivity index (χ1v) is 13.1. The van der Waals surface area contributed by atoms with Gasteiger partial charge >= 0.3 is 0 Å². The summed E-state index contributed by atoms with van der Waals surface area (Å²) in [5, 5.41) is 0. The summed E-state index contributed by atoms with van der Waals surface area (Å²) in [4.78, 5) is 12.6. The van der Waals surface area contributed by atoms with Gasteiger partial charge in [-0.15, -0.1) is 0 Å². The standard InChI is InChI=1S/C26H30N4O2S/c1-18-15-19(2)24(20(3)16-18)33(31,32)30-14-11-23-22(17-30)26(29-12-7-8-13-29)28-25(27-23)21-9-5-4-6-10-21/h4-6,9-10,15-16H,7-8,11-14,17H2,1-3H3. The number of sulfonamides is 1. The van der Waals surface area contributed by atoms with E-state index in [9.17, 15) is 8.42 Å². The molecule has 2 aliphatic rings. The van der Waals surface area contributed by atoms with Crippen molar-refractivity contribution in [3.05, 3.63) is 70.4 Å². The molecule has 0 saturated carbocycles. The highest BCUT2D eigenvalue weighted by Crippen LogP contribution is 2.34. The van der Waals surface area contributed by atoms with Crippen molar-refractivity contribution in [3.63, 3.8) is 0 Å². The Morgan fingerprint density at radius 1 is 0.879 bits per heavy atom. The fourth-order valence-corrected chi connectivity index (χ4v) is 7.01. The lowest BCUT2D eigenvalue weighted by Crippen LogP contribution is -2.38. The van der Waals surface area contributed by atoms with E-state index >= 15 is 0 Å². The Kier molecular flexibility index (Phi) is 5.70. The van der Waals surface area contributed by atoms with Gasteiger partial charge in [-0.3, -0.25) is 0 Å². The molecule has 0 spiro atoms. The van der Waals surface area contributed by atoms with Crippen LogP contribution in [-0.2, 0) is 23.0 Å². The van der Waals surface area contributed by atoms with E-state index in [-0.39, 0.29) is 0 Å². The topological polar surface area (TPSA) is 66.4 Å². The number of benzene rings is 2. The molecule has 0 radical (unpaired) electrons. The SMILES string of the molecule is Cc1cc(C)c(S(=O)(=O)N2CCc3nc(-c4ccccc4)nc(N4CCCC4)c3C2)c(C)c1. The minimum atomic E-state index is -3.63. The summed E-state index contributed by atoms with van der Waals surface area (Å²) in [6, 6.07) is 13.9. The van der Waals surface area contributed by atoms with Gasteiger partial charge in [0.15, 0.2) is 5.82 Å². The number of rotatable bonds is 4. The molecule has 1 saturated heterocycles. The summed E-state index contributed by atoms with van der Waals surface area (Å²) in [6.07, 6.45) is 2.84. The van der Waals surface area contributed by atoms with E-state index in [0.717, 1.165) is 71.1 Å². The molecule has 0 unspecified atom stereocenters. The maximum absolute atomic E-state index is 13.7. The zero-order valence-corrected chi connectivity index (χ0v) is 20.3. The molecule has 0 N–H and O–H groups in total. The van der Waals surface area contributed by atoms with Crippen LogP contribution in [0.25, 0.3) is 11.4 Å². The van der Waals surface area contributed by atoms with E-state index in [1.807, 2.05) is 63.2 Å². The second-order valence-corrected chi connectivity index (χ2v) is 11.0. The first-order valence-electron chi connectivity index (χ1n) is 11.6. The van der Waals surface area contributed by atoms with Crippen LogP contribution in [0.1, 0.15) is 40.8 Å². The molecule has 2 aromatic carbocycles. The van der Waals surface area contributed by atoms with Crippen molar-refractivity contribution in [1.82, 2.24) is 14.3 Å². The molecule has 0 amide bonds. The van der Waals surface area contributed by atoms with Crippen LogP contribution in [-0.4, -0.2) is 42.3 Å². The van der Waals surface area contributed by atoms with Crippen LogP contribution in [0.4, 0.5) is 5.82 Å². The molecule has 33 heavy (non-hydrogen) atoms. The molecule has 3 heterocycles. The molecule has 0 aliphatic carbocycles. The highest BCUT2D eigenvalue weighted by molar-refractivity contribution is 7.89. The van der Waals surface area contributed by atoms with Gasteiger partial charge in [-0.25, -0.2) is 18.4 Å². The molecule has 1 fully saturated rings. The number of hydrogen-bond donors (Lipinski definition) is 0. The zero-order valence-electron chi connectivity index (χ0n) is 19.5. The fourth-order valence-electron chi connectivity index (χ4n) is 5.19. The molecule has 6 nitrogen and oxygen atoms in total. The van der Waals surface area contributed by atoms with E-state index < -0.39 is 10.0 Å². The Morgan fingerprint density at radius 3 is 2.21 bits per heavy atom. The molecule has 5 rings (SSSR count). The van der Waals surface area contributed by atoms with Gasteiger partial charge in [-0.2, -0.15) is 4.31 Å². The number of hydrogen-bond acceptors (Lipinski definition) is 5. The number of anilines is 1. The van der Waals surface area contributed by atoms with Crippen molar-refractivity contribution >= 4 is 15.8 Å². The van der Waals surface area contributed by atoms with Gasteiger partial charge in [0.25, 0.3) is 0 Å². The largest absolute Gasteiger partial charge is 0.356 e. The molecular weight excluding hydrogens is 432 g/mol. The second kappa shape index (κ2) is 8.54. The van der Waals surface area contributed by atoms with Crippen LogP contribution < -0.4 is 4.90 Å². The van der Waals surface area contributed by atoms with Gasteiger partial charge in [0.2, 0.25) is 10.0 Å². The predicted molar refractivity (Wildman–Crippen MR) is 131 cm³/mol.